The molecule has 0 heterocycles. The molecule has 37 heavy (non-hydrogen) atoms. The third-order valence-corrected chi connectivity index (χ3v) is 6.86. The summed E-state index contributed by atoms with van der Waals surface area (Å²) in [5, 5.41) is 25.1. The van der Waals surface area contributed by atoms with E-state index in [-0.39, 0.29) is 21.1 Å². The summed E-state index contributed by atoms with van der Waals surface area (Å²) in [6.07, 6.45) is 18.5. The average Bonchev–Trinajstić information content (AvgIpc) is 2.79. The molecular weight excluding hydrogens is 468 g/mol. The van der Waals surface area contributed by atoms with E-state index >= 15 is 0 Å². The van der Waals surface area contributed by atoms with Gasteiger partial charge < -0.3 is 10.6 Å². The van der Waals surface area contributed by atoms with Crippen LogP contribution in [0.25, 0.3) is 0 Å². The number of carbonyl (C=O) groups is 2. The fourth-order valence-electron chi connectivity index (χ4n) is 4.50. The van der Waals surface area contributed by atoms with E-state index in [1.54, 1.807) is 28.2 Å². The van der Waals surface area contributed by atoms with Gasteiger partial charge in [-0.05, 0) is 18.8 Å². The number of nitrogens with one attached hydrogen (secondary N) is 2. The highest BCUT2D eigenvalue weighted by Crippen LogP contribution is 2.18. The molecule has 0 spiro atoms. The lowest BCUT2D eigenvalue weighted by atomic mass is 9.96. The van der Waals surface area contributed by atoms with Gasteiger partial charge in [0.05, 0.1) is 28.2 Å². The van der Waals surface area contributed by atoms with Gasteiger partial charge in [0.15, 0.2) is 0 Å². The molecule has 1 unspecified atom stereocenters. The van der Waals surface area contributed by atoms with Crippen LogP contribution in [0.2, 0.25) is 0 Å². The van der Waals surface area contributed by atoms with Crippen molar-refractivity contribution >= 4 is 11.8 Å². The van der Waals surface area contributed by atoms with Crippen LogP contribution in [0.5, 0.6) is 0 Å². The summed E-state index contributed by atoms with van der Waals surface area (Å²) in [6.45, 7) is 4.95. The molecule has 220 valence electrons. The summed E-state index contributed by atoms with van der Waals surface area (Å²) in [6, 6.07) is 0. The van der Waals surface area contributed by atoms with E-state index < -0.39 is 0 Å². The average molecular weight is 531 g/mol. The highest BCUT2D eigenvalue weighted by atomic mass is 16.5. The second kappa shape index (κ2) is 21.7. The maximum absolute atomic E-state index is 11.8. The van der Waals surface area contributed by atoms with Crippen LogP contribution in [0.3, 0.4) is 0 Å². The van der Waals surface area contributed by atoms with Gasteiger partial charge in [0.2, 0.25) is 11.8 Å². The van der Waals surface area contributed by atoms with Crippen molar-refractivity contribution in [1.82, 2.24) is 10.6 Å². The second-order valence-corrected chi connectivity index (χ2v) is 12.2. The summed E-state index contributed by atoms with van der Waals surface area (Å²) in [4.78, 5) is 23.7. The van der Waals surface area contributed by atoms with E-state index in [2.05, 4.69) is 17.6 Å². The lowest BCUT2D eigenvalue weighted by Crippen LogP contribution is -2.38. The number of quaternary nitrogens is 2. The van der Waals surface area contributed by atoms with Crippen molar-refractivity contribution in [2.24, 2.45) is 5.92 Å². The number of hydrogen-bond donors (Lipinski definition) is 4. The highest BCUT2D eigenvalue weighted by Gasteiger charge is 2.11. The smallest absolute Gasteiger partial charge is 0.219 e. The fraction of sp³-hybridized carbons (Fsp3) is 0.931. The van der Waals surface area contributed by atoms with E-state index in [0.29, 0.717) is 39.0 Å². The van der Waals surface area contributed by atoms with Crippen molar-refractivity contribution in [2.45, 2.75) is 116 Å². The topological polar surface area (TPSA) is 98.7 Å². The van der Waals surface area contributed by atoms with Crippen LogP contribution in [-0.2, 0) is 9.59 Å². The third kappa shape index (κ3) is 29.2. The van der Waals surface area contributed by atoms with Gasteiger partial charge in [-0.15, -0.1) is 0 Å². The van der Waals surface area contributed by atoms with Gasteiger partial charge in [-0.3, -0.25) is 9.59 Å². The second-order valence-electron chi connectivity index (χ2n) is 12.2. The zero-order chi connectivity index (χ0) is 28.0. The number of carbonyl (C=O) groups excluding carboxylic acids is 2. The van der Waals surface area contributed by atoms with E-state index in [4.69, 9.17) is 0 Å². The van der Waals surface area contributed by atoms with Crippen molar-refractivity contribution in [3.8, 4) is 0 Å². The Kier molecular flexibility index (Phi) is 21.0. The van der Waals surface area contributed by atoms with Crippen LogP contribution in [0, 0.1) is 5.92 Å². The normalized spacial score (nSPS) is 12.9. The maximum Gasteiger partial charge on any atom is 0.219 e. The monoisotopic (exact) mass is 530 g/mol. The van der Waals surface area contributed by atoms with Crippen molar-refractivity contribution in [3.05, 3.63) is 0 Å². The molecule has 0 aromatic heterocycles. The molecule has 0 aliphatic heterocycles. The van der Waals surface area contributed by atoms with Gasteiger partial charge in [-0.2, -0.15) is 9.29 Å². The Balaban J connectivity index is 3.39. The van der Waals surface area contributed by atoms with Gasteiger partial charge >= 0.3 is 0 Å². The van der Waals surface area contributed by atoms with Crippen LogP contribution in [0.4, 0.5) is 0 Å². The number of unbranched alkanes of at least 4 members (excludes halogenated alkanes) is 9. The summed E-state index contributed by atoms with van der Waals surface area (Å²) < 4.78 is -0.103. The minimum atomic E-state index is -0.0514. The van der Waals surface area contributed by atoms with Crippen LogP contribution in [-0.4, -0.2) is 85.9 Å². The Labute approximate surface area is 228 Å². The number of hydroxylamine groups is 6. The lowest BCUT2D eigenvalue weighted by Gasteiger charge is -2.19. The molecule has 0 aromatic rings. The van der Waals surface area contributed by atoms with Crippen LogP contribution in [0.15, 0.2) is 0 Å². The zero-order valence-corrected chi connectivity index (χ0v) is 25.0. The molecule has 0 saturated carbocycles. The van der Waals surface area contributed by atoms with Gasteiger partial charge in [0.1, 0.15) is 13.1 Å². The fourth-order valence-corrected chi connectivity index (χ4v) is 4.50. The molecule has 1 atom stereocenters. The Hall–Kier alpha value is -1.22. The molecule has 0 aromatic carbocycles. The molecule has 0 rings (SSSR count). The van der Waals surface area contributed by atoms with Crippen molar-refractivity contribution in [3.63, 3.8) is 0 Å². The quantitative estimate of drug-likeness (QED) is 0.0720. The number of amides is 2. The van der Waals surface area contributed by atoms with Gasteiger partial charge in [-0.25, -0.2) is 10.4 Å². The summed E-state index contributed by atoms with van der Waals surface area (Å²) in [5.74, 6) is 1.07. The van der Waals surface area contributed by atoms with Gasteiger partial charge in [0.25, 0.3) is 0 Å². The molecule has 4 N–H and O–H groups in total. The lowest BCUT2D eigenvalue weighted by molar-refractivity contribution is -1.07. The largest absolute Gasteiger partial charge is 0.356 e. The van der Waals surface area contributed by atoms with Crippen LogP contribution >= 0.6 is 0 Å². The van der Waals surface area contributed by atoms with E-state index in [1.165, 1.54) is 57.8 Å². The minimum absolute atomic E-state index is 0.0512. The Morgan fingerprint density at radius 2 is 0.892 bits per heavy atom. The first-order valence-electron chi connectivity index (χ1n) is 15.0. The van der Waals surface area contributed by atoms with E-state index in [0.717, 1.165) is 44.4 Å². The standard InChI is InChI=1S/C29H60N4O4/c1-27(20-14-10-8-12-16-22-29(35)31-24-18-26-33(4,5)37)19-13-9-6-7-11-15-21-28(34)30-23-17-25-32(2,3)36/h27,36-37H,6-26H2,1-5H3/p+2. The predicted molar refractivity (Wildman–Crippen MR) is 151 cm³/mol. The van der Waals surface area contributed by atoms with E-state index in [1.807, 2.05) is 0 Å². The molecule has 8 nitrogen and oxygen atoms in total. The van der Waals surface area contributed by atoms with Gasteiger partial charge in [0, 0.05) is 38.8 Å². The molecule has 0 aliphatic rings. The van der Waals surface area contributed by atoms with Crippen molar-refractivity contribution < 1.29 is 29.3 Å². The summed E-state index contributed by atoms with van der Waals surface area (Å²) in [5.41, 5.74) is 0. The summed E-state index contributed by atoms with van der Waals surface area (Å²) >= 11 is 0. The Bertz CT molecular complexity index is 573. The molecule has 0 fully saturated rings. The van der Waals surface area contributed by atoms with Crippen molar-refractivity contribution in [1.29, 1.82) is 0 Å². The molecule has 0 aliphatic carbocycles. The maximum atomic E-state index is 11.8. The zero-order valence-electron chi connectivity index (χ0n) is 25.0. The van der Waals surface area contributed by atoms with Crippen LogP contribution < -0.4 is 10.6 Å². The molecule has 0 radical (unpaired) electrons. The molecule has 0 saturated heterocycles. The van der Waals surface area contributed by atoms with Crippen molar-refractivity contribution in [2.75, 3.05) is 54.4 Å². The molecule has 0 bridgehead atoms. The first-order valence-corrected chi connectivity index (χ1v) is 15.0. The number of nitrogens with zero attached hydrogens (tertiary/aromatic N) is 2. The molecular formula is C29H62N4O4+2. The molecule has 2 amide bonds. The molecule has 8 heteroatoms. The Morgan fingerprint density at radius 3 is 1.24 bits per heavy atom. The third-order valence-electron chi connectivity index (χ3n) is 6.86. The summed E-state index contributed by atoms with van der Waals surface area (Å²) in [7, 11) is 6.95. The first kappa shape index (κ1) is 35.8. The SMILES string of the molecule is CC(CCCCCCCCC(=O)NCCC[N+](C)(C)O)CCCCCCCC(=O)NCCC[N+](C)(C)O. The first-order chi connectivity index (χ1) is 17.4. The minimum Gasteiger partial charge on any atom is -0.356 e. The van der Waals surface area contributed by atoms with Gasteiger partial charge in [-0.1, -0.05) is 77.6 Å². The van der Waals surface area contributed by atoms with Crippen LogP contribution in [0.1, 0.15) is 116 Å². The van der Waals surface area contributed by atoms with E-state index in [9.17, 15) is 20.0 Å². The predicted octanol–water partition coefficient (Wildman–Crippen LogP) is 5.42. The highest BCUT2D eigenvalue weighted by molar-refractivity contribution is 5.76. The number of hydrogen-bond acceptors (Lipinski definition) is 4. The Morgan fingerprint density at radius 1 is 0.568 bits per heavy atom. The number of rotatable bonds is 25.